The highest BCUT2D eigenvalue weighted by atomic mass is 32.2. The van der Waals surface area contributed by atoms with Crippen molar-refractivity contribution < 1.29 is 0 Å². The van der Waals surface area contributed by atoms with Crippen molar-refractivity contribution in [1.29, 1.82) is 0 Å². The Morgan fingerprint density at radius 1 is 1.29 bits per heavy atom. The van der Waals surface area contributed by atoms with E-state index < -0.39 is 0 Å². The lowest BCUT2D eigenvalue weighted by atomic mass is 9.87. The summed E-state index contributed by atoms with van der Waals surface area (Å²) in [4.78, 5) is 4.39. The van der Waals surface area contributed by atoms with E-state index in [1.54, 1.807) is 0 Å². The first-order valence-electron chi connectivity index (χ1n) is 5.86. The zero-order valence-electron chi connectivity index (χ0n) is 8.80. The number of rotatable bonds is 3. The molecule has 0 aromatic carbocycles. The van der Waals surface area contributed by atoms with Gasteiger partial charge < -0.3 is 5.32 Å². The van der Waals surface area contributed by atoms with Crippen molar-refractivity contribution in [2.45, 2.75) is 38.5 Å². The molecule has 2 aliphatic rings. The molecule has 1 heterocycles. The summed E-state index contributed by atoms with van der Waals surface area (Å²) in [6.07, 6.45) is 8.65. The third kappa shape index (κ3) is 3.19. The van der Waals surface area contributed by atoms with Crippen molar-refractivity contribution in [2.24, 2.45) is 10.9 Å². The van der Waals surface area contributed by atoms with Crippen LogP contribution in [0.25, 0.3) is 0 Å². The quantitative estimate of drug-likeness (QED) is 0.778. The van der Waals surface area contributed by atoms with Gasteiger partial charge in [0.05, 0.1) is 6.54 Å². The smallest absolute Gasteiger partial charge is 0.156 e. The summed E-state index contributed by atoms with van der Waals surface area (Å²) in [5, 5.41) is 4.62. The van der Waals surface area contributed by atoms with Crippen molar-refractivity contribution in [2.75, 3.05) is 18.8 Å². The molecule has 0 atom stereocenters. The van der Waals surface area contributed by atoms with E-state index in [0.29, 0.717) is 0 Å². The molecule has 0 aromatic rings. The highest BCUT2D eigenvalue weighted by molar-refractivity contribution is 8.14. The van der Waals surface area contributed by atoms with Crippen molar-refractivity contribution in [1.82, 2.24) is 5.32 Å². The number of nitrogens with one attached hydrogen (secondary N) is 1. The maximum Gasteiger partial charge on any atom is 0.156 e. The Balaban J connectivity index is 1.57. The van der Waals surface area contributed by atoms with Gasteiger partial charge in [0, 0.05) is 12.3 Å². The molecule has 0 amide bonds. The Morgan fingerprint density at radius 3 is 2.86 bits per heavy atom. The third-order valence-corrected chi connectivity index (χ3v) is 4.07. The fraction of sp³-hybridized carbons (Fsp3) is 0.909. The standard InChI is InChI=1S/C11H20N2S/c1-2-4-10(5-3-1)6-7-12-11-13-8-9-14-11/h10H,1-9H2,(H,12,13). The van der Waals surface area contributed by atoms with Gasteiger partial charge in [-0.05, 0) is 12.3 Å². The molecule has 1 saturated carbocycles. The van der Waals surface area contributed by atoms with E-state index in [4.69, 9.17) is 0 Å². The van der Waals surface area contributed by atoms with Gasteiger partial charge in [0.25, 0.3) is 0 Å². The zero-order chi connectivity index (χ0) is 9.64. The second-order valence-electron chi connectivity index (χ2n) is 4.25. The Morgan fingerprint density at radius 2 is 2.14 bits per heavy atom. The summed E-state index contributed by atoms with van der Waals surface area (Å²) in [7, 11) is 0. The van der Waals surface area contributed by atoms with Crippen LogP contribution in [0.5, 0.6) is 0 Å². The van der Waals surface area contributed by atoms with Crippen LogP contribution in [0.3, 0.4) is 0 Å². The molecule has 0 unspecified atom stereocenters. The highest BCUT2D eigenvalue weighted by Gasteiger charge is 2.13. The molecular formula is C11H20N2S. The van der Waals surface area contributed by atoms with Gasteiger partial charge >= 0.3 is 0 Å². The maximum atomic E-state index is 4.39. The second kappa shape index (κ2) is 5.64. The molecule has 14 heavy (non-hydrogen) atoms. The molecular weight excluding hydrogens is 192 g/mol. The Labute approximate surface area is 90.9 Å². The van der Waals surface area contributed by atoms with E-state index in [0.717, 1.165) is 19.0 Å². The first kappa shape index (κ1) is 10.3. The number of nitrogens with zero attached hydrogens (tertiary/aromatic N) is 1. The lowest BCUT2D eigenvalue weighted by Crippen LogP contribution is -2.23. The van der Waals surface area contributed by atoms with E-state index in [9.17, 15) is 0 Å². The first-order chi connectivity index (χ1) is 6.95. The highest BCUT2D eigenvalue weighted by Crippen LogP contribution is 2.25. The molecule has 0 radical (unpaired) electrons. The molecule has 80 valence electrons. The zero-order valence-corrected chi connectivity index (χ0v) is 9.61. The average molecular weight is 212 g/mol. The number of amidine groups is 1. The Kier molecular flexibility index (Phi) is 4.17. The van der Waals surface area contributed by atoms with Gasteiger partial charge in [-0.1, -0.05) is 43.9 Å². The van der Waals surface area contributed by atoms with Gasteiger partial charge in [-0.2, -0.15) is 0 Å². The molecule has 3 heteroatoms. The largest absolute Gasteiger partial charge is 0.365 e. The molecule has 0 bridgehead atoms. The molecule has 1 aliphatic carbocycles. The van der Waals surface area contributed by atoms with Crippen LogP contribution >= 0.6 is 11.8 Å². The van der Waals surface area contributed by atoms with E-state index in [1.165, 1.54) is 49.4 Å². The van der Waals surface area contributed by atoms with Crippen LogP contribution in [0.1, 0.15) is 38.5 Å². The van der Waals surface area contributed by atoms with Crippen molar-refractivity contribution in [3.8, 4) is 0 Å². The monoisotopic (exact) mass is 212 g/mol. The fourth-order valence-corrected chi connectivity index (χ4v) is 3.06. The molecule has 0 spiro atoms. The molecule has 1 N–H and O–H groups in total. The minimum absolute atomic E-state index is 0.989. The van der Waals surface area contributed by atoms with Crippen molar-refractivity contribution in [3.05, 3.63) is 0 Å². The van der Waals surface area contributed by atoms with Crippen LogP contribution in [0.15, 0.2) is 4.99 Å². The minimum atomic E-state index is 0.989. The molecule has 0 saturated heterocycles. The van der Waals surface area contributed by atoms with Crippen LogP contribution in [-0.2, 0) is 0 Å². The average Bonchev–Trinajstić information content (AvgIpc) is 2.72. The number of hydrogen-bond donors (Lipinski definition) is 1. The SMILES string of the molecule is C1CCC(CCNC2=NCCS2)CC1. The molecule has 1 fully saturated rings. The summed E-state index contributed by atoms with van der Waals surface area (Å²) < 4.78 is 0. The summed E-state index contributed by atoms with van der Waals surface area (Å²) in [5.74, 6) is 2.16. The van der Waals surface area contributed by atoms with Crippen molar-refractivity contribution in [3.63, 3.8) is 0 Å². The van der Waals surface area contributed by atoms with Gasteiger partial charge in [-0.3, -0.25) is 4.99 Å². The number of aliphatic imine (C=N–C) groups is 1. The summed E-state index contributed by atoms with van der Waals surface area (Å²) >= 11 is 1.87. The van der Waals surface area contributed by atoms with Gasteiger partial charge in [-0.25, -0.2) is 0 Å². The Bertz CT molecular complexity index is 197. The topological polar surface area (TPSA) is 24.4 Å². The summed E-state index contributed by atoms with van der Waals surface area (Å²) in [6.45, 7) is 2.15. The predicted molar refractivity (Wildman–Crippen MR) is 64.0 cm³/mol. The second-order valence-corrected chi connectivity index (χ2v) is 5.34. The van der Waals surface area contributed by atoms with Crippen LogP contribution in [-0.4, -0.2) is 24.0 Å². The van der Waals surface area contributed by atoms with Gasteiger partial charge in [-0.15, -0.1) is 0 Å². The molecule has 2 rings (SSSR count). The molecule has 1 aliphatic heterocycles. The predicted octanol–water partition coefficient (Wildman–Crippen LogP) is 2.65. The lowest BCUT2D eigenvalue weighted by molar-refractivity contribution is 0.339. The fourth-order valence-electron chi connectivity index (χ4n) is 2.30. The third-order valence-electron chi connectivity index (χ3n) is 3.14. The van der Waals surface area contributed by atoms with Gasteiger partial charge in [0.1, 0.15) is 0 Å². The molecule has 0 aromatic heterocycles. The molecule has 2 nitrogen and oxygen atoms in total. The van der Waals surface area contributed by atoms with E-state index in [2.05, 4.69) is 10.3 Å². The lowest BCUT2D eigenvalue weighted by Gasteiger charge is -2.21. The maximum absolute atomic E-state index is 4.39. The number of thioether (sulfide) groups is 1. The normalized spacial score (nSPS) is 23.6. The summed E-state index contributed by atoms with van der Waals surface area (Å²) in [6, 6.07) is 0. The minimum Gasteiger partial charge on any atom is -0.365 e. The van der Waals surface area contributed by atoms with Crippen LogP contribution in [0.2, 0.25) is 0 Å². The van der Waals surface area contributed by atoms with Gasteiger partial charge in [0.15, 0.2) is 5.17 Å². The van der Waals surface area contributed by atoms with E-state index in [-0.39, 0.29) is 0 Å². The van der Waals surface area contributed by atoms with E-state index >= 15 is 0 Å². The van der Waals surface area contributed by atoms with Crippen LogP contribution in [0.4, 0.5) is 0 Å². The Hall–Kier alpha value is -0.180. The summed E-state index contributed by atoms with van der Waals surface area (Å²) in [5.41, 5.74) is 0. The number of hydrogen-bond acceptors (Lipinski definition) is 3. The van der Waals surface area contributed by atoms with E-state index in [1.807, 2.05) is 11.8 Å². The van der Waals surface area contributed by atoms with Crippen molar-refractivity contribution >= 4 is 16.9 Å². The van der Waals surface area contributed by atoms with Crippen LogP contribution < -0.4 is 5.32 Å². The van der Waals surface area contributed by atoms with Crippen LogP contribution in [0, 0.1) is 5.92 Å². The van der Waals surface area contributed by atoms with Gasteiger partial charge in [0.2, 0.25) is 0 Å². The first-order valence-corrected chi connectivity index (χ1v) is 6.85.